The molecule has 76 valence electrons. The summed E-state index contributed by atoms with van der Waals surface area (Å²) in [4.78, 5) is 0. The van der Waals surface area contributed by atoms with Crippen LogP contribution in [0.4, 0.5) is 8.78 Å². The SMILES string of the molecule is NC1CCCCc2c(F)ccc(F)c21. The second-order valence-corrected chi connectivity index (χ2v) is 3.77. The van der Waals surface area contributed by atoms with Gasteiger partial charge in [-0.2, -0.15) is 0 Å². The molecule has 0 radical (unpaired) electrons. The Bertz CT molecular complexity index is 349. The molecule has 0 bridgehead atoms. The Balaban J connectivity index is 2.57. The number of benzene rings is 1. The zero-order valence-electron chi connectivity index (χ0n) is 7.89. The van der Waals surface area contributed by atoms with Gasteiger partial charge in [-0.1, -0.05) is 6.42 Å². The number of hydrogen-bond donors (Lipinski definition) is 1. The van der Waals surface area contributed by atoms with Crippen molar-refractivity contribution < 1.29 is 8.78 Å². The Morgan fingerprint density at radius 3 is 2.64 bits per heavy atom. The predicted molar refractivity (Wildman–Crippen MR) is 50.8 cm³/mol. The zero-order valence-corrected chi connectivity index (χ0v) is 7.89. The molecule has 0 amide bonds. The average Bonchev–Trinajstić information content (AvgIpc) is 2.35. The van der Waals surface area contributed by atoms with Crippen molar-refractivity contribution in [3.05, 3.63) is 34.9 Å². The molecule has 0 saturated carbocycles. The second-order valence-electron chi connectivity index (χ2n) is 3.77. The molecule has 1 unspecified atom stereocenters. The Morgan fingerprint density at radius 2 is 1.86 bits per heavy atom. The van der Waals surface area contributed by atoms with Crippen molar-refractivity contribution in [1.82, 2.24) is 0 Å². The first kappa shape index (κ1) is 9.59. The van der Waals surface area contributed by atoms with Gasteiger partial charge in [0.1, 0.15) is 11.6 Å². The number of hydrogen-bond acceptors (Lipinski definition) is 1. The molecule has 14 heavy (non-hydrogen) atoms. The van der Waals surface area contributed by atoms with Crippen molar-refractivity contribution in [2.45, 2.75) is 31.7 Å². The summed E-state index contributed by atoms with van der Waals surface area (Å²) in [7, 11) is 0. The van der Waals surface area contributed by atoms with Crippen LogP contribution >= 0.6 is 0 Å². The summed E-state index contributed by atoms with van der Waals surface area (Å²) in [5.41, 5.74) is 6.68. The van der Waals surface area contributed by atoms with Crippen molar-refractivity contribution in [2.75, 3.05) is 0 Å². The fourth-order valence-electron chi connectivity index (χ4n) is 2.07. The lowest BCUT2D eigenvalue weighted by molar-refractivity contribution is 0.547. The van der Waals surface area contributed by atoms with Crippen LogP contribution in [0.1, 0.15) is 36.4 Å². The summed E-state index contributed by atoms with van der Waals surface area (Å²) in [5.74, 6) is -0.686. The van der Waals surface area contributed by atoms with Gasteiger partial charge >= 0.3 is 0 Å². The second kappa shape index (κ2) is 3.65. The van der Waals surface area contributed by atoms with E-state index < -0.39 is 0 Å². The van der Waals surface area contributed by atoms with E-state index >= 15 is 0 Å². The van der Waals surface area contributed by atoms with Crippen LogP contribution in [-0.4, -0.2) is 0 Å². The topological polar surface area (TPSA) is 26.0 Å². The molecular weight excluding hydrogens is 184 g/mol. The maximum atomic E-state index is 13.4. The van der Waals surface area contributed by atoms with Crippen molar-refractivity contribution in [1.29, 1.82) is 0 Å². The minimum atomic E-state index is -0.365. The van der Waals surface area contributed by atoms with Crippen LogP contribution in [-0.2, 0) is 6.42 Å². The molecule has 0 spiro atoms. The molecule has 1 aromatic carbocycles. The van der Waals surface area contributed by atoms with E-state index in [1.54, 1.807) is 0 Å². The summed E-state index contributed by atoms with van der Waals surface area (Å²) in [6.07, 6.45) is 3.18. The third-order valence-corrected chi connectivity index (χ3v) is 2.81. The van der Waals surface area contributed by atoms with E-state index in [0.29, 0.717) is 17.5 Å². The summed E-state index contributed by atoms with van der Waals surface area (Å²) >= 11 is 0. The minimum Gasteiger partial charge on any atom is -0.324 e. The van der Waals surface area contributed by atoms with Crippen molar-refractivity contribution in [3.8, 4) is 0 Å². The predicted octanol–water partition coefficient (Wildman–Crippen LogP) is 2.69. The van der Waals surface area contributed by atoms with Gasteiger partial charge in [0, 0.05) is 11.6 Å². The highest BCUT2D eigenvalue weighted by molar-refractivity contribution is 5.33. The highest BCUT2D eigenvalue weighted by atomic mass is 19.1. The van der Waals surface area contributed by atoms with Crippen LogP contribution in [0.25, 0.3) is 0 Å². The smallest absolute Gasteiger partial charge is 0.128 e. The molecular formula is C11H13F2N. The first-order valence-corrected chi connectivity index (χ1v) is 4.92. The molecule has 3 heteroatoms. The fourth-order valence-corrected chi connectivity index (χ4v) is 2.07. The average molecular weight is 197 g/mol. The summed E-state index contributed by atoms with van der Waals surface area (Å²) in [6.45, 7) is 0. The number of rotatable bonds is 0. The van der Waals surface area contributed by atoms with Crippen LogP contribution in [0.3, 0.4) is 0 Å². The largest absolute Gasteiger partial charge is 0.324 e. The van der Waals surface area contributed by atoms with Crippen LogP contribution in [0.2, 0.25) is 0 Å². The Hall–Kier alpha value is -0.960. The first-order valence-electron chi connectivity index (χ1n) is 4.92. The molecule has 1 aliphatic carbocycles. The lowest BCUT2D eigenvalue weighted by Crippen LogP contribution is -2.13. The van der Waals surface area contributed by atoms with Crippen LogP contribution in [0.15, 0.2) is 12.1 Å². The van der Waals surface area contributed by atoms with Crippen molar-refractivity contribution >= 4 is 0 Å². The lowest BCUT2D eigenvalue weighted by Gasteiger charge is -2.13. The third-order valence-electron chi connectivity index (χ3n) is 2.81. The minimum absolute atomic E-state index is 0.321. The summed E-state index contributed by atoms with van der Waals surface area (Å²) in [6, 6.07) is 2.01. The monoisotopic (exact) mass is 197 g/mol. The number of fused-ring (bicyclic) bond motifs is 1. The maximum absolute atomic E-state index is 13.4. The molecule has 2 rings (SSSR count). The molecule has 1 nitrogen and oxygen atoms in total. The van der Waals surface area contributed by atoms with E-state index in [-0.39, 0.29) is 17.7 Å². The van der Waals surface area contributed by atoms with E-state index in [0.717, 1.165) is 19.3 Å². The highest BCUT2D eigenvalue weighted by Gasteiger charge is 2.21. The van der Waals surface area contributed by atoms with E-state index in [1.807, 2.05) is 0 Å². The normalized spacial score (nSPS) is 21.5. The first-order chi connectivity index (χ1) is 6.70. The van der Waals surface area contributed by atoms with E-state index in [4.69, 9.17) is 5.73 Å². The Kier molecular flexibility index (Phi) is 2.50. The maximum Gasteiger partial charge on any atom is 0.128 e. The standard InChI is InChI=1S/C11H13F2N/c12-8-5-6-9(13)11-7(8)3-1-2-4-10(11)14/h5-6,10H,1-4,14H2. The summed E-state index contributed by atoms with van der Waals surface area (Å²) < 4.78 is 26.8. The quantitative estimate of drug-likeness (QED) is 0.636. The molecule has 1 aromatic rings. The van der Waals surface area contributed by atoms with E-state index in [9.17, 15) is 8.78 Å². The molecule has 0 aliphatic heterocycles. The van der Waals surface area contributed by atoms with Gasteiger partial charge in [0.25, 0.3) is 0 Å². The Labute approximate surface area is 81.9 Å². The van der Waals surface area contributed by atoms with Crippen molar-refractivity contribution in [2.24, 2.45) is 5.73 Å². The van der Waals surface area contributed by atoms with Crippen LogP contribution in [0.5, 0.6) is 0 Å². The van der Waals surface area contributed by atoms with Gasteiger partial charge < -0.3 is 5.73 Å². The van der Waals surface area contributed by atoms with E-state index in [2.05, 4.69) is 0 Å². The van der Waals surface area contributed by atoms with Gasteiger partial charge in [0.2, 0.25) is 0 Å². The van der Waals surface area contributed by atoms with Crippen LogP contribution < -0.4 is 5.73 Å². The third kappa shape index (κ3) is 1.52. The van der Waals surface area contributed by atoms with Gasteiger partial charge in [-0.15, -0.1) is 0 Å². The fraction of sp³-hybridized carbons (Fsp3) is 0.455. The van der Waals surface area contributed by atoms with Gasteiger partial charge in [-0.3, -0.25) is 0 Å². The number of nitrogens with two attached hydrogens (primary N) is 1. The molecule has 0 saturated heterocycles. The van der Waals surface area contributed by atoms with Gasteiger partial charge in [0.15, 0.2) is 0 Å². The molecule has 2 N–H and O–H groups in total. The van der Waals surface area contributed by atoms with Gasteiger partial charge in [-0.25, -0.2) is 8.78 Å². The molecule has 0 fully saturated rings. The van der Waals surface area contributed by atoms with Crippen molar-refractivity contribution in [3.63, 3.8) is 0 Å². The van der Waals surface area contributed by atoms with Gasteiger partial charge in [-0.05, 0) is 37.0 Å². The molecule has 1 atom stereocenters. The summed E-state index contributed by atoms with van der Waals surface area (Å²) in [5, 5.41) is 0. The highest BCUT2D eigenvalue weighted by Crippen LogP contribution is 2.30. The zero-order chi connectivity index (χ0) is 10.1. The van der Waals surface area contributed by atoms with Gasteiger partial charge in [0.05, 0.1) is 0 Å². The van der Waals surface area contributed by atoms with Crippen LogP contribution in [0, 0.1) is 11.6 Å². The number of halogens is 2. The lowest BCUT2D eigenvalue weighted by atomic mass is 9.98. The Morgan fingerprint density at radius 1 is 1.14 bits per heavy atom. The molecule has 1 aliphatic rings. The molecule has 0 heterocycles. The molecule has 0 aromatic heterocycles. The van der Waals surface area contributed by atoms with E-state index in [1.165, 1.54) is 12.1 Å².